The molecular formula is C12H13N3O2. The number of H-pyrrole nitrogens is 1. The van der Waals surface area contributed by atoms with E-state index in [1.54, 1.807) is 0 Å². The summed E-state index contributed by atoms with van der Waals surface area (Å²) in [6.07, 6.45) is 2.48. The molecule has 1 aromatic carbocycles. The highest BCUT2D eigenvalue weighted by atomic mass is 16.4. The van der Waals surface area contributed by atoms with Gasteiger partial charge in [0.1, 0.15) is 0 Å². The lowest BCUT2D eigenvalue weighted by atomic mass is 10.2. The number of hydrogen-bond acceptors (Lipinski definition) is 4. The number of hydrogen-bond donors (Lipinski definition) is 1. The van der Waals surface area contributed by atoms with E-state index in [0.29, 0.717) is 5.89 Å². The van der Waals surface area contributed by atoms with Gasteiger partial charge < -0.3 is 9.32 Å². The van der Waals surface area contributed by atoms with Gasteiger partial charge in [-0.2, -0.15) is 0 Å². The van der Waals surface area contributed by atoms with Crippen molar-refractivity contribution in [2.75, 3.05) is 18.0 Å². The first-order valence-corrected chi connectivity index (χ1v) is 5.74. The molecule has 0 saturated carbocycles. The Morgan fingerprint density at radius 2 is 2.12 bits per heavy atom. The molecule has 0 radical (unpaired) electrons. The molecule has 5 nitrogen and oxygen atoms in total. The molecule has 0 atom stereocenters. The van der Waals surface area contributed by atoms with Crippen LogP contribution in [0.5, 0.6) is 0 Å². The number of nitrogens with one attached hydrogen (secondary N) is 1. The van der Waals surface area contributed by atoms with Gasteiger partial charge >= 0.3 is 5.76 Å². The van der Waals surface area contributed by atoms with Crippen LogP contribution < -0.4 is 10.7 Å². The van der Waals surface area contributed by atoms with Crippen LogP contribution in [0.4, 0.5) is 5.69 Å². The van der Waals surface area contributed by atoms with E-state index in [0.717, 1.165) is 24.3 Å². The van der Waals surface area contributed by atoms with Crippen molar-refractivity contribution in [3.63, 3.8) is 0 Å². The van der Waals surface area contributed by atoms with Gasteiger partial charge in [0.15, 0.2) is 0 Å². The fraction of sp³-hybridized carbons (Fsp3) is 0.333. The first-order valence-electron chi connectivity index (χ1n) is 5.74. The number of benzene rings is 1. The molecule has 0 spiro atoms. The maximum absolute atomic E-state index is 10.9. The average Bonchev–Trinajstić information content (AvgIpc) is 3.00. The molecule has 5 heteroatoms. The summed E-state index contributed by atoms with van der Waals surface area (Å²) in [5, 5.41) is 6.10. The average molecular weight is 231 g/mol. The predicted octanol–water partition coefficient (Wildman–Crippen LogP) is 1.63. The summed E-state index contributed by atoms with van der Waals surface area (Å²) in [5.74, 6) is -0.178. The molecule has 1 N–H and O–H groups in total. The van der Waals surface area contributed by atoms with Crippen LogP contribution in [-0.4, -0.2) is 23.3 Å². The molecule has 1 fully saturated rings. The second kappa shape index (κ2) is 4.08. The maximum Gasteiger partial charge on any atom is 0.434 e. The highest BCUT2D eigenvalue weighted by Crippen LogP contribution is 2.25. The summed E-state index contributed by atoms with van der Waals surface area (Å²) in [7, 11) is 0. The Kier molecular flexibility index (Phi) is 2.44. The van der Waals surface area contributed by atoms with Crippen molar-refractivity contribution < 1.29 is 4.42 Å². The van der Waals surface area contributed by atoms with E-state index in [4.69, 9.17) is 4.42 Å². The molecular weight excluding hydrogens is 218 g/mol. The van der Waals surface area contributed by atoms with Crippen molar-refractivity contribution in [3.05, 3.63) is 34.8 Å². The van der Waals surface area contributed by atoms with Crippen LogP contribution in [0.2, 0.25) is 0 Å². The van der Waals surface area contributed by atoms with E-state index in [-0.39, 0.29) is 0 Å². The Balaban J connectivity index is 1.95. The topological polar surface area (TPSA) is 62.1 Å². The van der Waals surface area contributed by atoms with E-state index in [2.05, 4.69) is 21.2 Å². The SMILES string of the molecule is O=c1[nH]nc(-c2cccc(N3CCCC3)c2)o1. The highest BCUT2D eigenvalue weighted by molar-refractivity contribution is 5.62. The van der Waals surface area contributed by atoms with E-state index in [9.17, 15) is 4.79 Å². The second-order valence-corrected chi connectivity index (χ2v) is 4.16. The smallest absolute Gasteiger partial charge is 0.388 e. The number of rotatable bonds is 2. The summed E-state index contributed by atoms with van der Waals surface area (Å²) in [6.45, 7) is 2.18. The first kappa shape index (κ1) is 10.1. The molecule has 0 unspecified atom stereocenters. The van der Waals surface area contributed by atoms with Crippen molar-refractivity contribution >= 4 is 5.69 Å². The predicted molar refractivity (Wildman–Crippen MR) is 64.0 cm³/mol. The second-order valence-electron chi connectivity index (χ2n) is 4.16. The minimum atomic E-state index is -0.522. The lowest BCUT2D eigenvalue weighted by Crippen LogP contribution is -2.17. The molecule has 17 heavy (non-hydrogen) atoms. The zero-order valence-electron chi connectivity index (χ0n) is 9.35. The van der Waals surface area contributed by atoms with Crippen molar-refractivity contribution in [3.8, 4) is 11.5 Å². The van der Waals surface area contributed by atoms with Crippen LogP contribution in [-0.2, 0) is 0 Å². The van der Waals surface area contributed by atoms with Gasteiger partial charge in [0.2, 0.25) is 5.89 Å². The van der Waals surface area contributed by atoms with Crippen molar-refractivity contribution in [1.82, 2.24) is 10.2 Å². The fourth-order valence-corrected chi connectivity index (χ4v) is 2.16. The minimum absolute atomic E-state index is 0.344. The van der Waals surface area contributed by atoms with E-state index in [1.807, 2.05) is 18.2 Å². The molecule has 0 aliphatic carbocycles. The molecule has 2 aromatic rings. The van der Waals surface area contributed by atoms with Crippen LogP contribution >= 0.6 is 0 Å². The molecule has 0 amide bonds. The molecule has 1 aliphatic rings. The quantitative estimate of drug-likeness (QED) is 0.853. The molecule has 1 saturated heterocycles. The van der Waals surface area contributed by atoms with Crippen LogP contribution in [0.15, 0.2) is 33.5 Å². The third kappa shape index (κ3) is 1.95. The zero-order chi connectivity index (χ0) is 11.7. The van der Waals surface area contributed by atoms with Gasteiger partial charge in [-0.3, -0.25) is 0 Å². The lowest BCUT2D eigenvalue weighted by molar-refractivity contribution is 0.527. The Morgan fingerprint density at radius 3 is 2.82 bits per heavy atom. The van der Waals surface area contributed by atoms with E-state index < -0.39 is 5.76 Å². The fourth-order valence-electron chi connectivity index (χ4n) is 2.16. The standard InChI is InChI=1S/C12H13N3O2/c16-12-14-13-11(17-12)9-4-3-5-10(8-9)15-6-1-2-7-15/h3-5,8H,1-2,6-7H2,(H,14,16). The largest absolute Gasteiger partial charge is 0.434 e. The lowest BCUT2D eigenvalue weighted by Gasteiger charge is -2.17. The minimum Gasteiger partial charge on any atom is -0.388 e. The third-order valence-corrected chi connectivity index (χ3v) is 3.00. The van der Waals surface area contributed by atoms with Crippen molar-refractivity contribution in [2.24, 2.45) is 0 Å². The van der Waals surface area contributed by atoms with Crippen molar-refractivity contribution in [1.29, 1.82) is 0 Å². The Morgan fingerprint density at radius 1 is 1.29 bits per heavy atom. The number of anilines is 1. The third-order valence-electron chi connectivity index (χ3n) is 3.00. The summed E-state index contributed by atoms with van der Waals surface area (Å²) < 4.78 is 4.95. The molecule has 3 rings (SSSR count). The van der Waals surface area contributed by atoms with Gasteiger partial charge in [0, 0.05) is 24.3 Å². The number of nitrogens with zero attached hydrogens (tertiary/aromatic N) is 2. The van der Waals surface area contributed by atoms with Crippen LogP contribution in [0.1, 0.15) is 12.8 Å². The number of aromatic amines is 1. The van der Waals surface area contributed by atoms with Gasteiger partial charge in [-0.05, 0) is 31.0 Å². The van der Waals surface area contributed by atoms with E-state index in [1.165, 1.54) is 12.8 Å². The highest BCUT2D eigenvalue weighted by Gasteiger charge is 2.13. The molecule has 1 aliphatic heterocycles. The summed E-state index contributed by atoms with van der Waals surface area (Å²) in [4.78, 5) is 13.2. The van der Waals surface area contributed by atoms with Gasteiger partial charge in [-0.25, -0.2) is 9.89 Å². The molecule has 2 heterocycles. The van der Waals surface area contributed by atoms with Crippen LogP contribution in [0.3, 0.4) is 0 Å². The molecule has 88 valence electrons. The normalized spacial score (nSPS) is 15.4. The van der Waals surface area contributed by atoms with Gasteiger partial charge in [0.25, 0.3) is 0 Å². The van der Waals surface area contributed by atoms with Crippen LogP contribution in [0.25, 0.3) is 11.5 Å². The Labute approximate surface area is 98.1 Å². The summed E-state index contributed by atoms with van der Waals surface area (Å²) in [6, 6.07) is 7.92. The van der Waals surface area contributed by atoms with Crippen LogP contribution in [0, 0.1) is 0 Å². The summed E-state index contributed by atoms with van der Waals surface area (Å²) >= 11 is 0. The monoisotopic (exact) mass is 231 g/mol. The molecule has 1 aromatic heterocycles. The summed E-state index contributed by atoms with van der Waals surface area (Å²) in [5.41, 5.74) is 1.98. The zero-order valence-corrected chi connectivity index (χ0v) is 9.35. The first-order chi connectivity index (χ1) is 8.33. The van der Waals surface area contributed by atoms with Crippen molar-refractivity contribution in [2.45, 2.75) is 12.8 Å². The Bertz CT molecular complexity index is 567. The van der Waals surface area contributed by atoms with E-state index >= 15 is 0 Å². The van der Waals surface area contributed by atoms with Gasteiger partial charge in [0.05, 0.1) is 0 Å². The maximum atomic E-state index is 10.9. The van der Waals surface area contributed by atoms with Gasteiger partial charge in [-0.1, -0.05) is 6.07 Å². The number of aromatic nitrogens is 2. The molecule has 0 bridgehead atoms. The Hall–Kier alpha value is -2.04. The van der Waals surface area contributed by atoms with Gasteiger partial charge in [-0.15, -0.1) is 5.10 Å².